The molecule has 0 bridgehead atoms. The Kier molecular flexibility index (Phi) is 7.12. The maximum absolute atomic E-state index is 12.9. The van der Waals surface area contributed by atoms with E-state index in [-0.39, 0.29) is 5.91 Å². The van der Waals surface area contributed by atoms with E-state index >= 15 is 0 Å². The van der Waals surface area contributed by atoms with Crippen LogP contribution in [-0.4, -0.2) is 74.2 Å². The Labute approximate surface area is 169 Å². The minimum absolute atomic E-state index is 0.236. The standard InChI is InChI=1S/C21H33N3O3S/c1-18(2)19-6-8-20(9-7-19)28(26,27)24-16-14-22(15-17-24)13-10-21(25)23-11-4-3-5-12-23/h6-9,18H,3-5,10-17H2,1-2H3. The maximum Gasteiger partial charge on any atom is 0.243 e. The van der Waals surface area contributed by atoms with E-state index < -0.39 is 10.0 Å². The fraction of sp³-hybridized carbons (Fsp3) is 0.667. The van der Waals surface area contributed by atoms with Crippen molar-refractivity contribution in [3.05, 3.63) is 29.8 Å². The topological polar surface area (TPSA) is 60.9 Å². The predicted molar refractivity (Wildman–Crippen MR) is 111 cm³/mol. The van der Waals surface area contributed by atoms with Gasteiger partial charge in [-0.1, -0.05) is 26.0 Å². The lowest BCUT2D eigenvalue weighted by molar-refractivity contribution is -0.132. The molecule has 2 saturated heterocycles. The van der Waals surface area contributed by atoms with Crippen LogP contribution in [-0.2, 0) is 14.8 Å². The van der Waals surface area contributed by atoms with E-state index in [1.807, 2.05) is 17.0 Å². The number of carbonyl (C=O) groups excluding carboxylic acids is 1. The monoisotopic (exact) mass is 407 g/mol. The largest absolute Gasteiger partial charge is 0.343 e. The fourth-order valence-corrected chi connectivity index (χ4v) is 5.34. The quantitative estimate of drug-likeness (QED) is 0.727. The van der Waals surface area contributed by atoms with Crippen LogP contribution < -0.4 is 0 Å². The second kappa shape index (κ2) is 9.37. The zero-order valence-electron chi connectivity index (χ0n) is 17.1. The van der Waals surface area contributed by atoms with E-state index in [0.717, 1.165) is 31.5 Å². The second-order valence-corrected chi connectivity index (χ2v) is 10.1. The molecule has 2 heterocycles. The Morgan fingerprint density at radius 1 is 0.929 bits per heavy atom. The van der Waals surface area contributed by atoms with Crippen LogP contribution in [0.5, 0.6) is 0 Å². The summed E-state index contributed by atoms with van der Waals surface area (Å²) in [4.78, 5) is 16.9. The van der Waals surface area contributed by atoms with Gasteiger partial charge in [-0.3, -0.25) is 4.79 Å². The number of likely N-dealkylation sites (tertiary alicyclic amines) is 1. The van der Waals surface area contributed by atoms with E-state index in [2.05, 4.69) is 18.7 Å². The van der Waals surface area contributed by atoms with E-state index in [1.54, 1.807) is 16.4 Å². The lowest BCUT2D eigenvalue weighted by atomic mass is 10.0. The molecule has 6 nitrogen and oxygen atoms in total. The first-order valence-electron chi connectivity index (χ1n) is 10.5. The van der Waals surface area contributed by atoms with Crippen LogP contribution in [0.1, 0.15) is 51.0 Å². The first-order chi connectivity index (χ1) is 13.4. The van der Waals surface area contributed by atoms with Gasteiger partial charge in [-0.2, -0.15) is 4.31 Å². The third-order valence-corrected chi connectivity index (χ3v) is 7.78. The smallest absolute Gasteiger partial charge is 0.243 e. The van der Waals surface area contributed by atoms with Crippen molar-refractivity contribution in [1.29, 1.82) is 0 Å². The molecule has 7 heteroatoms. The number of carbonyl (C=O) groups is 1. The summed E-state index contributed by atoms with van der Waals surface area (Å²) in [5.74, 6) is 0.618. The fourth-order valence-electron chi connectivity index (χ4n) is 3.92. The Hall–Kier alpha value is -1.44. The van der Waals surface area contributed by atoms with Gasteiger partial charge in [0.25, 0.3) is 0 Å². The summed E-state index contributed by atoms with van der Waals surface area (Å²) in [5.41, 5.74) is 1.14. The van der Waals surface area contributed by atoms with E-state index in [0.29, 0.717) is 50.0 Å². The number of piperidine rings is 1. The highest BCUT2D eigenvalue weighted by Crippen LogP contribution is 2.21. The predicted octanol–water partition coefficient (Wildman–Crippen LogP) is 2.52. The van der Waals surface area contributed by atoms with Crippen LogP contribution in [0.15, 0.2) is 29.2 Å². The van der Waals surface area contributed by atoms with Crippen molar-refractivity contribution in [2.75, 3.05) is 45.8 Å². The van der Waals surface area contributed by atoms with E-state index in [1.165, 1.54) is 6.42 Å². The highest BCUT2D eigenvalue weighted by molar-refractivity contribution is 7.89. The molecule has 0 saturated carbocycles. The van der Waals surface area contributed by atoms with Crippen molar-refractivity contribution >= 4 is 15.9 Å². The van der Waals surface area contributed by atoms with Gasteiger partial charge in [0, 0.05) is 52.2 Å². The number of hydrogen-bond acceptors (Lipinski definition) is 4. The molecule has 2 aliphatic heterocycles. The molecule has 0 N–H and O–H groups in total. The van der Waals surface area contributed by atoms with Gasteiger partial charge < -0.3 is 9.80 Å². The number of nitrogens with zero attached hydrogens (tertiary/aromatic N) is 3. The molecule has 1 aromatic carbocycles. The van der Waals surface area contributed by atoms with Crippen LogP contribution in [0.2, 0.25) is 0 Å². The Balaban J connectivity index is 1.49. The lowest BCUT2D eigenvalue weighted by Gasteiger charge is -2.34. The first kappa shape index (κ1) is 21.3. The van der Waals surface area contributed by atoms with Gasteiger partial charge >= 0.3 is 0 Å². The number of hydrogen-bond donors (Lipinski definition) is 0. The van der Waals surface area contributed by atoms with Crippen LogP contribution in [0.3, 0.4) is 0 Å². The van der Waals surface area contributed by atoms with Crippen molar-refractivity contribution < 1.29 is 13.2 Å². The normalized spacial score (nSPS) is 19.9. The Bertz CT molecular complexity index is 748. The highest BCUT2D eigenvalue weighted by atomic mass is 32.2. The molecule has 0 atom stereocenters. The molecule has 1 amide bonds. The third-order valence-electron chi connectivity index (χ3n) is 5.87. The van der Waals surface area contributed by atoms with Gasteiger partial charge in [-0.25, -0.2) is 8.42 Å². The van der Waals surface area contributed by atoms with Crippen molar-refractivity contribution in [1.82, 2.24) is 14.1 Å². The number of piperazine rings is 1. The molecule has 156 valence electrons. The van der Waals surface area contributed by atoms with Gasteiger partial charge in [-0.05, 0) is 42.9 Å². The van der Waals surface area contributed by atoms with Crippen LogP contribution >= 0.6 is 0 Å². The minimum atomic E-state index is -3.44. The molecule has 0 radical (unpaired) electrons. The summed E-state index contributed by atoms with van der Waals surface area (Å²) in [6, 6.07) is 7.24. The second-order valence-electron chi connectivity index (χ2n) is 8.16. The molecule has 28 heavy (non-hydrogen) atoms. The average molecular weight is 408 g/mol. The molecule has 0 unspecified atom stereocenters. The number of rotatable bonds is 6. The minimum Gasteiger partial charge on any atom is -0.343 e. The number of sulfonamides is 1. The van der Waals surface area contributed by atoms with Crippen LogP contribution in [0, 0.1) is 0 Å². The zero-order chi connectivity index (χ0) is 20.1. The van der Waals surface area contributed by atoms with Gasteiger partial charge in [0.2, 0.25) is 15.9 Å². The van der Waals surface area contributed by atoms with E-state index in [9.17, 15) is 13.2 Å². The lowest BCUT2D eigenvalue weighted by Crippen LogP contribution is -2.49. The molecule has 0 aromatic heterocycles. The molecule has 2 aliphatic rings. The molecule has 2 fully saturated rings. The zero-order valence-corrected chi connectivity index (χ0v) is 18.0. The summed E-state index contributed by atoms with van der Waals surface area (Å²) in [6.45, 7) is 9.00. The summed E-state index contributed by atoms with van der Waals surface area (Å²) in [7, 11) is -3.44. The SMILES string of the molecule is CC(C)c1ccc(S(=O)(=O)N2CCN(CCC(=O)N3CCCCC3)CC2)cc1. The number of amides is 1. The van der Waals surface area contributed by atoms with Gasteiger partial charge in [0.05, 0.1) is 4.90 Å². The summed E-state index contributed by atoms with van der Waals surface area (Å²) in [5, 5.41) is 0. The van der Waals surface area contributed by atoms with E-state index in [4.69, 9.17) is 0 Å². The molecule has 0 spiro atoms. The maximum atomic E-state index is 12.9. The van der Waals surface area contributed by atoms with Crippen LogP contribution in [0.4, 0.5) is 0 Å². The van der Waals surface area contributed by atoms with Crippen LogP contribution in [0.25, 0.3) is 0 Å². The number of benzene rings is 1. The van der Waals surface area contributed by atoms with Crippen molar-refractivity contribution in [3.8, 4) is 0 Å². The Morgan fingerprint density at radius 3 is 2.11 bits per heavy atom. The first-order valence-corrected chi connectivity index (χ1v) is 11.9. The van der Waals surface area contributed by atoms with Gasteiger partial charge in [-0.15, -0.1) is 0 Å². The molecule has 0 aliphatic carbocycles. The highest BCUT2D eigenvalue weighted by Gasteiger charge is 2.29. The third kappa shape index (κ3) is 5.13. The van der Waals surface area contributed by atoms with Gasteiger partial charge in [0.1, 0.15) is 0 Å². The van der Waals surface area contributed by atoms with Crippen molar-refractivity contribution in [2.45, 2.75) is 50.3 Å². The molecular formula is C21H33N3O3S. The summed E-state index contributed by atoms with van der Waals surface area (Å²) >= 11 is 0. The molecule has 1 aromatic rings. The van der Waals surface area contributed by atoms with Crippen molar-refractivity contribution in [3.63, 3.8) is 0 Å². The average Bonchev–Trinajstić information content (AvgIpc) is 2.73. The van der Waals surface area contributed by atoms with Crippen molar-refractivity contribution in [2.24, 2.45) is 0 Å². The summed E-state index contributed by atoms with van der Waals surface area (Å²) in [6.07, 6.45) is 3.98. The summed E-state index contributed by atoms with van der Waals surface area (Å²) < 4.78 is 27.4. The molecule has 3 rings (SSSR count). The van der Waals surface area contributed by atoms with Gasteiger partial charge in [0.15, 0.2) is 0 Å². The molecular weight excluding hydrogens is 374 g/mol. The Morgan fingerprint density at radius 2 is 1.54 bits per heavy atom.